The Morgan fingerprint density at radius 3 is 2.88 bits per heavy atom. The third-order valence-electron chi connectivity index (χ3n) is 3.70. The van der Waals surface area contributed by atoms with Crippen molar-refractivity contribution >= 4 is 0 Å². The summed E-state index contributed by atoms with van der Waals surface area (Å²) < 4.78 is 5.24. The highest BCUT2D eigenvalue weighted by atomic mass is 16.5. The Balaban J connectivity index is 2.43. The molecule has 1 saturated heterocycles. The van der Waals surface area contributed by atoms with Crippen molar-refractivity contribution in [1.82, 2.24) is 4.90 Å². The Morgan fingerprint density at radius 2 is 2.29 bits per heavy atom. The molecule has 0 spiro atoms. The highest BCUT2D eigenvalue weighted by Gasteiger charge is 2.28. The summed E-state index contributed by atoms with van der Waals surface area (Å²) in [5.41, 5.74) is 5.55. The van der Waals surface area contributed by atoms with E-state index >= 15 is 0 Å². The molecule has 1 heterocycles. The molecule has 0 aliphatic carbocycles. The van der Waals surface area contributed by atoms with Crippen LogP contribution in [0.4, 0.5) is 0 Å². The number of nitrogens with two attached hydrogens (primary N) is 1. The van der Waals surface area contributed by atoms with Gasteiger partial charge in [0.2, 0.25) is 0 Å². The Labute approximate surface area is 105 Å². The van der Waals surface area contributed by atoms with Crippen LogP contribution in [0.5, 0.6) is 0 Å². The van der Waals surface area contributed by atoms with E-state index in [2.05, 4.69) is 11.8 Å². The van der Waals surface area contributed by atoms with E-state index in [4.69, 9.17) is 10.5 Å². The second-order valence-corrected chi connectivity index (χ2v) is 5.82. The zero-order valence-electron chi connectivity index (χ0n) is 11.5. The molecule has 4 nitrogen and oxygen atoms in total. The first-order valence-corrected chi connectivity index (χ1v) is 6.61. The maximum atomic E-state index is 9.21. The Morgan fingerprint density at radius 1 is 1.59 bits per heavy atom. The lowest BCUT2D eigenvalue weighted by molar-refractivity contribution is 0.0594. The molecule has 0 saturated carbocycles. The van der Waals surface area contributed by atoms with Crippen molar-refractivity contribution in [1.29, 1.82) is 0 Å². The number of nitrogens with zero attached hydrogens (tertiary/aromatic N) is 1. The first kappa shape index (κ1) is 14.9. The number of aliphatic hydroxyl groups is 1. The summed E-state index contributed by atoms with van der Waals surface area (Å²) in [5, 5.41) is 9.21. The molecule has 0 aromatic rings. The second kappa shape index (κ2) is 6.69. The van der Waals surface area contributed by atoms with Crippen molar-refractivity contribution in [3.8, 4) is 0 Å². The Kier molecular flexibility index (Phi) is 5.86. The second-order valence-electron chi connectivity index (χ2n) is 5.82. The van der Waals surface area contributed by atoms with Gasteiger partial charge in [-0.05, 0) is 45.6 Å². The Hall–Kier alpha value is -0.160. The standard InChI is InChI=1S/C13H28N2O2/c1-11(7-13(2,14)10-16)15-6-4-5-12(8-15)9-17-3/h11-12,16H,4-10,14H2,1-3H3. The largest absolute Gasteiger partial charge is 0.394 e. The summed E-state index contributed by atoms with van der Waals surface area (Å²) >= 11 is 0. The number of ether oxygens (including phenoxy) is 1. The monoisotopic (exact) mass is 244 g/mol. The van der Waals surface area contributed by atoms with Crippen LogP contribution in [0, 0.1) is 5.92 Å². The van der Waals surface area contributed by atoms with Crippen LogP contribution in [-0.4, -0.2) is 55.0 Å². The maximum absolute atomic E-state index is 9.21. The fourth-order valence-corrected chi connectivity index (χ4v) is 2.74. The lowest BCUT2D eigenvalue weighted by Gasteiger charge is -2.39. The maximum Gasteiger partial charge on any atom is 0.0609 e. The third kappa shape index (κ3) is 4.92. The van der Waals surface area contributed by atoms with Crippen molar-refractivity contribution in [3.05, 3.63) is 0 Å². The first-order chi connectivity index (χ1) is 7.98. The molecule has 1 fully saturated rings. The predicted octanol–water partition coefficient (Wildman–Crippen LogP) is 0.833. The first-order valence-electron chi connectivity index (χ1n) is 6.61. The van der Waals surface area contributed by atoms with Crippen molar-refractivity contribution < 1.29 is 9.84 Å². The molecule has 0 radical (unpaired) electrons. The van der Waals surface area contributed by atoms with Crippen LogP contribution in [0.15, 0.2) is 0 Å². The summed E-state index contributed by atoms with van der Waals surface area (Å²) in [6.07, 6.45) is 3.33. The summed E-state index contributed by atoms with van der Waals surface area (Å²) in [7, 11) is 1.77. The van der Waals surface area contributed by atoms with Gasteiger partial charge in [0.15, 0.2) is 0 Å². The molecule has 4 heteroatoms. The van der Waals surface area contributed by atoms with Gasteiger partial charge in [-0.1, -0.05) is 0 Å². The van der Waals surface area contributed by atoms with Gasteiger partial charge in [0, 0.05) is 25.2 Å². The molecule has 1 aliphatic rings. The van der Waals surface area contributed by atoms with Crippen molar-refractivity contribution in [3.63, 3.8) is 0 Å². The van der Waals surface area contributed by atoms with Gasteiger partial charge in [-0.15, -0.1) is 0 Å². The number of methoxy groups -OCH3 is 1. The summed E-state index contributed by atoms with van der Waals surface area (Å²) in [5.74, 6) is 0.648. The van der Waals surface area contributed by atoms with Crippen LogP contribution in [0.2, 0.25) is 0 Å². The number of aliphatic hydroxyl groups excluding tert-OH is 1. The molecule has 0 bridgehead atoms. The number of rotatable bonds is 6. The zero-order chi connectivity index (χ0) is 12.9. The van der Waals surface area contributed by atoms with Crippen LogP contribution < -0.4 is 5.73 Å². The fraction of sp³-hybridized carbons (Fsp3) is 1.00. The van der Waals surface area contributed by atoms with E-state index in [-0.39, 0.29) is 6.61 Å². The van der Waals surface area contributed by atoms with Gasteiger partial charge in [-0.25, -0.2) is 0 Å². The van der Waals surface area contributed by atoms with Crippen LogP contribution in [0.3, 0.4) is 0 Å². The van der Waals surface area contributed by atoms with Crippen LogP contribution >= 0.6 is 0 Å². The number of piperidine rings is 1. The van der Waals surface area contributed by atoms with Gasteiger partial charge < -0.3 is 20.5 Å². The zero-order valence-corrected chi connectivity index (χ0v) is 11.5. The van der Waals surface area contributed by atoms with Gasteiger partial charge in [-0.3, -0.25) is 0 Å². The molecule has 17 heavy (non-hydrogen) atoms. The molecular weight excluding hydrogens is 216 g/mol. The molecule has 0 aromatic carbocycles. The molecule has 102 valence electrons. The van der Waals surface area contributed by atoms with Gasteiger partial charge in [-0.2, -0.15) is 0 Å². The summed E-state index contributed by atoms with van der Waals surface area (Å²) in [6, 6.07) is 0.428. The number of likely N-dealkylation sites (tertiary alicyclic amines) is 1. The van der Waals surface area contributed by atoms with Gasteiger partial charge in [0.25, 0.3) is 0 Å². The van der Waals surface area contributed by atoms with Crippen LogP contribution in [0.25, 0.3) is 0 Å². The summed E-state index contributed by atoms with van der Waals surface area (Å²) in [4.78, 5) is 2.48. The quantitative estimate of drug-likeness (QED) is 0.727. The van der Waals surface area contributed by atoms with E-state index in [1.807, 2.05) is 6.92 Å². The molecule has 3 N–H and O–H groups in total. The van der Waals surface area contributed by atoms with E-state index in [1.54, 1.807) is 7.11 Å². The lowest BCUT2D eigenvalue weighted by Crippen LogP contribution is -2.49. The van der Waals surface area contributed by atoms with Crippen molar-refractivity contribution in [2.75, 3.05) is 33.4 Å². The predicted molar refractivity (Wildman–Crippen MR) is 69.9 cm³/mol. The molecule has 0 aromatic heterocycles. The minimum Gasteiger partial charge on any atom is -0.394 e. The van der Waals surface area contributed by atoms with Crippen molar-refractivity contribution in [2.24, 2.45) is 11.7 Å². The van der Waals surface area contributed by atoms with E-state index < -0.39 is 5.54 Å². The highest BCUT2D eigenvalue weighted by Crippen LogP contribution is 2.22. The number of hydrogen-bond donors (Lipinski definition) is 2. The number of hydrogen-bond acceptors (Lipinski definition) is 4. The van der Waals surface area contributed by atoms with Gasteiger partial charge >= 0.3 is 0 Å². The molecule has 0 amide bonds. The molecule has 3 unspecified atom stereocenters. The van der Waals surface area contributed by atoms with Crippen LogP contribution in [0.1, 0.15) is 33.1 Å². The normalized spacial score (nSPS) is 27.7. The fourth-order valence-electron chi connectivity index (χ4n) is 2.74. The summed E-state index contributed by atoms with van der Waals surface area (Å²) in [6.45, 7) is 7.26. The van der Waals surface area contributed by atoms with E-state index in [9.17, 15) is 5.11 Å². The highest BCUT2D eigenvalue weighted by molar-refractivity contribution is 4.85. The van der Waals surface area contributed by atoms with E-state index in [0.717, 1.165) is 26.1 Å². The van der Waals surface area contributed by atoms with E-state index in [0.29, 0.717) is 12.0 Å². The van der Waals surface area contributed by atoms with Gasteiger partial charge in [0.05, 0.1) is 13.2 Å². The minimum absolute atomic E-state index is 0.0483. The van der Waals surface area contributed by atoms with Crippen LogP contribution in [-0.2, 0) is 4.74 Å². The Bertz CT molecular complexity index is 219. The molecule has 1 aliphatic heterocycles. The SMILES string of the molecule is COCC1CCCN(C(C)CC(C)(N)CO)C1. The van der Waals surface area contributed by atoms with Gasteiger partial charge in [0.1, 0.15) is 0 Å². The molecular formula is C13H28N2O2. The lowest BCUT2D eigenvalue weighted by atomic mass is 9.92. The third-order valence-corrected chi connectivity index (χ3v) is 3.70. The average molecular weight is 244 g/mol. The van der Waals surface area contributed by atoms with Crippen molar-refractivity contribution in [2.45, 2.75) is 44.7 Å². The molecule has 1 rings (SSSR count). The molecule has 3 atom stereocenters. The van der Waals surface area contributed by atoms with E-state index in [1.165, 1.54) is 12.8 Å². The average Bonchev–Trinajstić information content (AvgIpc) is 2.29. The topological polar surface area (TPSA) is 58.7 Å². The smallest absolute Gasteiger partial charge is 0.0609 e. The minimum atomic E-state index is -0.465.